The summed E-state index contributed by atoms with van der Waals surface area (Å²) in [5.74, 6) is 0.606. The lowest BCUT2D eigenvalue weighted by Crippen LogP contribution is -2.23. The molecule has 4 nitrogen and oxygen atoms in total. The van der Waals surface area contributed by atoms with Crippen molar-refractivity contribution in [2.24, 2.45) is 5.92 Å². The largest absolute Gasteiger partial charge is 0.347 e. The third-order valence-corrected chi connectivity index (χ3v) is 5.60. The second kappa shape index (κ2) is 7.03. The van der Waals surface area contributed by atoms with Gasteiger partial charge in [-0.2, -0.15) is 5.10 Å². The van der Waals surface area contributed by atoms with Crippen molar-refractivity contribution in [3.8, 4) is 11.3 Å². The number of hydrogen-bond donors (Lipinski definition) is 0. The third-order valence-electron chi connectivity index (χ3n) is 5.60. The van der Waals surface area contributed by atoms with E-state index in [9.17, 15) is 4.79 Å². The molecule has 1 fully saturated rings. The minimum Gasteiger partial charge on any atom is -0.347 e. The predicted octanol–water partition coefficient (Wildman–Crippen LogP) is 4.68. The SMILES string of the molecule is CCCCn1cc2c(=O)n(CC3CCCCC3)nc-2c2ccccc21. The molecule has 0 amide bonds. The molecule has 3 aliphatic rings. The first-order chi connectivity index (χ1) is 12.3. The molecule has 2 heterocycles. The summed E-state index contributed by atoms with van der Waals surface area (Å²) < 4.78 is 3.96. The maximum atomic E-state index is 13.0. The monoisotopic (exact) mass is 337 g/mol. The van der Waals surface area contributed by atoms with Gasteiger partial charge in [-0.25, -0.2) is 4.68 Å². The average molecular weight is 337 g/mol. The average Bonchev–Trinajstić information content (AvgIpc) is 2.97. The smallest absolute Gasteiger partial charge is 0.277 e. The first-order valence-electron chi connectivity index (χ1n) is 9.76. The first kappa shape index (κ1) is 16.4. The number of aryl methyl sites for hydroxylation is 1. The Morgan fingerprint density at radius 1 is 1.16 bits per heavy atom. The Morgan fingerprint density at radius 3 is 2.76 bits per heavy atom. The number of hydrogen-bond acceptors (Lipinski definition) is 2. The van der Waals surface area contributed by atoms with Crippen LogP contribution < -0.4 is 5.56 Å². The zero-order chi connectivity index (χ0) is 17.2. The fourth-order valence-electron chi connectivity index (χ4n) is 4.18. The summed E-state index contributed by atoms with van der Waals surface area (Å²) in [5, 5.41) is 5.84. The molecule has 1 aromatic carbocycles. The van der Waals surface area contributed by atoms with Gasteiger partial charge in [0.05, 0.1) is 11.1 Å². The number of nitrogens with zero attached hydrogens (tertiary/aromatic N) is 3. The quantitative estimate of drug-likeness (QED) is 0.678. The van der Waals surface area contributed by atoms with E-state index in [4.69, 9.17) is 5.10 Å². The van der Waals surface area contributed by atoms with Crippen molar-refractivity contribution in [3.63, 3.8) is 0 Å². The van der Waals surface area contributed by atoms with Crippen molar-refractivity contribution in [1.82, 2.24) is 14.3 Å². The molecular formula is C21H27N3O. The second-order valence-corrected chi connectivity index (χ2v) is 7.45. The predicted molar refractivity (Wildman–Crippen MR) is 102 cm³/mol. The van der Waals surface area contributed by atoms with Crippen molar-refractivity contribution in [3.05, 3.63) is 40.8 Å². The lowest BCUT2D eigenvalue weighted by Gasteiger charge is -2.20. The highest BCUT2D eigenvalue weighted by molar-refractivity contribution is 5.93. The molecule has 25 heavy (non-hydrogen) atoms. The van der Waals surface area contributed by atoms with E-state index >= 15 is 0 Å². The Balaban J connectivity index is 1.80. The van der Waals surface area contributed by atoms with Crippen molar-refractivity contribution in [2.45, 2.75) is 65.0 Å². The van der Waals surface area contributed by atoms with Crippen LogP contribution in [0.1, 0.15) is 51.9 Å². The lowest BCUT2D eigenvalue weighted by molar-refractivity contribution is 0.305. The first-order valence-corrected chi connectivity index (χ1v) is 9.76. The highest BCUT2D eigenvalue weighted by Crippen LogP contribution is 2.29. The molecule has 4 rings (SSSR count). The number of pyridine rings is 1. The summed E-state index contributed by atoms with van der Waals surface area (Å²) in [5.41, 5.74) is 2.89. The van der Waals surface area contributed by atoms with Gasteiger partial charge >= 0.3 is 0 Å². The van der Waals surface area contributed by atoms with E-state index in [1.54, 1.807) is 4.68 Å². The Bertz CT molecular complexity index is 886. The van der Waals surface area contributed by atoms with Crippen molar-refractivity contribution in [1.29, 1.82) is 0 Å². The van der Waals surface area contributed by atoms with E-state index in [0.717, 1.165) is 42.6 Å². The fraction of sp³-hybridized carbons (Fsp3) is 0.524. The molecule has 1 aliphatic carbocycles. The summed E-state index contributed by atoms with van der Waals surface area (Å²) in [6.07, 6.45) is 10.7. The van der Waals surface area contributed by atoms with E-state index in [0.29, 0.717) is 5.92 Å². The summed E-state index contributed by atoms with van der Waals surface area (Å²) in [7, 11) is 0. The topological polar surface area (TPSA) is 39.8 Å². The van der Waals surface area contributed by atoms with E-state index in [1.807, 2.05) is 12.3 Å². The molecular weight excluding hydrogens is 310 g/mol. The van der Waals surface area contributed by atoms with Crippen molar-refractivity contribution >= 4 is 10.9 Å². The van der Waals surface area contributed by atoms with Crippen molar-refractivity contribution < 1.29 is 0 Å². The molecule has 132 valence electrons. The number of aromatic nitrogens is 3. The maximum absolute atomic E-state index is 13.0. The van der Waals surface area contributed by atoms with Crippen LogP contribution in [-0.4, -0.2) is 14.3 Å². The van der Waals surface area contributed by atoms with Crippen LogP contribution in [-0.2, 0) is 13.1 Å². The number of benzene rings is 1. The molecule has 2 aliphatic heterocycles. The lowest BCUT2D eigenvalue weighted by atomic mass is 9.89. The standard InChI is InChI=1S/C21H27N3O/c1-2-3-13-23-15-18-20(17-11-7-8-12-19(17)23)22-24(21(18)25)14-16-9-5-4-6-10-16/h7-8,11-12,15-16H,2-6,9-10,13-14H2,1H3. The molecule has 0 saturated heterocycles. The van der Waals surface area contributed by atoms with Crippen LogP contribution in [0.4, 0.5) is 0 Å². The van der Waals surface area contributed by atoms with Gasteiger partial charge in [0.25, 0.3) is 5.56 Å². The van der Waals surface area contributed by atoms with Gasteiger partial charge in [-0.15, -0.1) is 0 Å². The van der Waals surface area contributed by atoms with Crippen molar-refractivity contribution in [2.75, 3.05) is 0 Å². The molecule has 1 saturated carbocycles. The van der Waals surface area contributed by atoms with Crippen LogP contribution in [0.15, 0.2) is 35.3 Å². The van der Waals surface area contributed by atoms with Gasteiger partial charge in [0.2, 0.25) is 0 Å². The molecule has 1 aromatic rings. The number of unbranched alkanes of at least 4 members (excludes halogenated alkanes) is 1. The molecule has 4 heteroatoms. The summed E-state index contributed by atoms with van der Waals surface area (Å²) in [6.45, 7) is 3.92. The molecule has 0 radical (unpaired) electrons. The number of rotatable bonds is 5. The minimum absolute atomic E-state index is 0.0802. The maximum Gasteiger partial charge on any atom is 0.277 e. The van der Waals surface area contributed by atoms with Crippen LogP contribution in [0.5, 0.6) is 0 Å². The van der Waals surface area contributed by atoms with Gasteiger partial charge in [-0.05, 0) is 31.2 Å². The van der Waals surface area contributed by atoms with Gasteiger partial charge in [0.15, 0.2) is 0 Å². The Labute approximate surface area is 148 Å². The van der Waals surface area contributed by atoms with Gasteiger partial charge in [0.1, 0.15) is 5.69 Å². The molecule has 0 atom stereocenters. The van der Waals surface area contributed by atoms with Crippen LogP contribution in [0.2, 0.25) is 0 Å². The summed E-state index contributed by atoms with van der Waals surface area (Å²) >= 11 is 0. The van der Waals surface area contributed by atoms with Crippen LogP contribution >= 0.6 is 0 Å². The highest BCUT2D eigenvalue weighted by Gasteiger charge is 2.22. The van der Waals surface area contributed by atoms with Gasteiger partial charge in [-0.1, -0.05) is 50.8 Å². The van der Waals surface area contributed by atoms with E-state index in [1.165, 1.54) is 37.6 Å². The highest BCUT2D eigenvalue weighted by atomic mass is 16.1. The summed E-state index contributed by atoms with van der Waals surface area (Å²) in [6, 6.07) is 8.33. The molecule has 0 bridgehead atoms. The Kier molecular flexibility index (Phi) is 4.60. The van der Waals surface area contributed by atoms with E-state index < -0.39 is 0 Å². The van der Waals surface area contributed by atoms with Gasteiger partial charge in [0, 0.05) is 24.7 Å². The Hall–Kier alpha value is -2.10. The third kappa shape index (κ3) is 3.10. The van der Waals surface area contributed by atoms with Crippen LogP contribution in [0, 0.1) is 5.92 Å². The second-order valence-electron chi connectivity index (χ2n) is 7.45. The zero-order valence-electron chi connectivity index (χ0n) is 15.1. The molecule has 0 aromatic heterocycles. The normalized spacial score (nSPS) is 16.0. The fourth-order valence-corrected chi connectivity index (χ4v) is 4.18. The minimum atomic E-state index is 0.0802. The van der Waals surface area contributed by atoms with E-state index in [2.05, 4.69) is 29.7 Å². The molecule has 0 spiro atoms. The Morgan fingerprint density at radius 2 is 1.96 bits per heavy atom. The summed E-state index contributed by atoms with van der Waals surface area (Å²) in [4.78, 5) is 13.0. The molecule has 0 N–H and O–H groups in total. The zero-order valence-corrected chi connectivity index (χ0v) is 15.1. The van der Waals surface area contributed by atoms with Gasteiger partial charge < -0.3 is 4.57 Å². The molecule has 0 unspecified atom stereocenters. The number of para-hydroxylation sites is 1. The van der Waals surface area contributed by atoms with E-state index in [-0.39, 0.29) is 5.56 Å². The van der Waals surface area contributed by atoms with Crippen LogP contribution in [0.3, 0.4) is 0 Å². The van der Waals surface area contributed by atoms with Gasteiger partial charge in [-0.3, -0.25) is 4.79 Å². The number of fused-ring (bicyclic) bond motifs is 3. The van der Waals surface area contributed by atoms with Crippen LogP contribution in [0.25, 0.3) is 22.2 Å².